The normalized spacial score (nSPS) is 9.86. The summed E-state index contributed by atoms with van der Waals surface area (Å²) in [5.41, 5.74) is 5.02. The van der Waals surface area contributed by atoms with Crippen LogP contribution < -0.4 is 26.8 Å². The molecule has 0 heterocycles. The molecule has 2 aromatic rings. The number of rotatable bonds is 5. The van der Waals surface area contributed by atoms with E-state index in [0.29, 0.717) is 11.3 Å². The maximum absolute atomic E-state index is 12.8. The first-order chi connectivity index (χ1) is 13.7. The summed E-state index contributed by atoms with van der Waals surface area (Å²) >= 11 is 0. The van der Waals surface area contributed by atoms with Gasteiger partial charge in [-0.3, -0.25) is 20.3 Å². The predicted molar refractivity (Wildman–Crippen MR) is 102 cm³/mol. The topological polar surface area (TPSA) is 154 Å². The fourth-order valence-corrected chi connectivity index (χ4v) is 2.05. The van der Waals surface area contributed by atoms with Crippen molar-refractivity contribution >= 4 is 35.0 Å². The van der Waals surface area contributed by atoms with Gasteiger partial charge in [-0.2, -0.15) is 0 Å². The van der Waals surface area contributed by atoms with Crippen molar-refractivity contribution in [3.8, 4) is 0 Å². The zero-order chi connectivity index (χ0) is 21.4. The monoisotopic (exact) mass is 404 g/mol. The summed E-state index contributed by atoms with van der Waals surface area (Å²) in [6.45, 7) is 1.19. The van der Waals surface area contributed by atoms with Crippen molar-refractivity contribution in [2.75, 3.05) is 17.2 Å². The smallest absolute Gasteiger partial charge is 0.329 e. The van der Waals surface area contributed by atoms with Gasteiger partial charge in [0, 0.05) is 17.8 Å². The lowest BCUT2D eigenvalue weighted by molar-refractivity contribution is -0.384. The van der Waals surface area contributed by atoms with Gasteiger partial charge >= 0.3 is 12.1 Å². The fourth-order valence-electron chi connectivity index (χ4n) is 2.05. The van der Waals surface area contributed by atoms with E-state index in [-0.39, 0.29) is 11.4 Å². The number of hydrogen-bond acceptors (Lipinski definition) is 5. The van der Waals surface area contributed by atoms with Gasteiger partial charge in [-0.1, -0.05) is 6.07 Å². The quantitative estimate of drug-likeness (QED) is 0.381. The van der Waals surface area contributed by atoms with Gasteiger partial charge in [0.1, 0.15) is 12.4 Å². The first kappa shape index (κ1) is 21.1. The van der Waals surface area contributed by atoms with Gasteiger partial charge in [-0.15, -0.1) is 0 Å². The van der Waals surface area contributed by atoms with Gasteiger partial charge in [0.2, 0.25) is 0 Å². The van der Waals surface area contributed by atoms with Crippen LogP contribution >= 0.6 is 0 Å². The number of hydrogen-bond donors (Lipinski definition) is 5. The zero-order valence-corrected chi connectivity index (χ0v) is 15.1. The third-order valence-electron chi connectivity index (χ3n) is 3.51. The van der Waals surface area contributed by atoms with E-state index in [2.05, 4.69) is 26.8 Å². The Labute approximate surface area is 163 Å². The maximum Gasteiger partial charge on any atom is 0.337 e. The predicted octanol–water partition coefficient (Wildman–Crippen LogP) is 2.02. The van der Waals surface area contributed by atoms with Crippen LogP contribution in [0.25, 0.3) is 0 Å². The number of nitrogens with one attached hydrogen (secondary N) is 5. The van der Waals surface area contributed by atoms with E-state index >= 15 is 0 Å². The molecule has 11 nitrogen and oxygen atoms in total. The number of hydrazine groups is 1. The Bertz CT molecular complexity index is 934. The van der Waals surface area contributed by atoms with Crippen LogP contribution in [0.3, 0.4) is 0 Å². The second-order valence-corrected chi connectivity index (χ2v) is 5.70. The fraction of sp³-hybridized carbons (Fsp3) is 0.118. The molecule has 0 aliphatic carbocycles. The molecule has 0 radical (unpaired) electrons. The van der Waals surface area contributed by atoms with Crippen LogP contribution in [0, 0.1) is 22.9 Å². The molecule has 2 rings (SSSR count). The minimum Gasteiger partial charge on any atom is -0.329 e. The van der Waals surface area contributed by atoms with E-state index < -0.39 is 35.3 Å². The standard InChI is InChI=1S/C17H17FN6O5/c1-10-2-7-13(24(28)29)8-14(10)21-17(27)23-22-15(25)9-19-16(26)20-12-5-3-11(18)4-6-12/h2-8H,9H2,1H3,(H,22,25)(H2,19,20,26)(H2,21,23,27). The van der Waals surface area contributed by atoms with Crippen LogP contribution in [0.2, 0.25) is 0 Å². The Hall–Kier alpha value is -4.22. The number of urea groups is 2. The summed E-state index contributed by atoms with van der Waals surface area (Å²) in [7, 11) is 0. The van der Waals surface area contributed by atoms with E-state index in [0.717, 1.165) is 12.1 Å². The molecule has 29 heavy (non-hydrogen) atoms. The third kappa shape index (κ3) is 6.78. The van der Waals surface area contributed by atoms with Crippen molar-refractivity contribution < 1.29 is 23.7 Å². The molecule has 0 spiro atoms. The van der Waals surface area contributed by atoms with Crippen molar-refractivity contribution in [3.05, 3.63) is 64.0 Å². The Balaban J connectivity index is 1.75. The molecule has 152 valence electrons. The van der Waals surface area contributed by atoms with E-state index in [1.165, 1.54) is 30.3 Å². The number of amides is 5. The molecular formula is C17H17FN6O5. The van der Waals surface area contributed by atoms with Crippen molar-refractivity contribution in [2.45, 2.75) is 6.92 Å². The van der Waals surface area contributed by atoms with E-state index in [4.69, 9.17) is 0 Å². The molecule has 0 bridgehead atoms. The second-order valence-electron chi connectivity index (χ2n) is 5.70. The van der Waals surface area contributed by atoms with E-state index in [1.807, 2.05) is 0 Å². The summed E-state index contributed by atoms with van der Waals surface area (Å²) in [6.07, 6.45) is 0. The molecule has 0 aromatic heterocycles. The zero-order valence-electron chi connectivity index (χ0n) is 15.1. The number of halogens is 1. The number of nitrogens with zero attached hydrogens (tertiary/aromatic N) is 1. The van der Waals surface area contributed by atoms with E-state index in [1.54, 1.807) is 6.92 Å². The summed E-state index contributed by atoms with van der Waals surface area (Å²) in [4.78, 5) is 45.3. The molecule has 0 atom stereocenters. The molecule has 0 aliphatic rings. The molecule has 0 fully saturated rings. The number of anilines is 2. The van der Waals surface area contributed by atoms with Gasteiger partial charge in [0.25, 0.3) is 11.6 Å². The molecule has 0 unspecified atom stereocenters. The molecule has 5 N–H and O–H groups in total. The van der Waals surface area contributed by atoms with Gasteiger partial charge in [-0.05, 0) is 36.8 Å². The first-order valence-corrected chi connectivity index (χ1v) is 8.16. The molecule has 2 aromatic carbocycles. The van der Waals surface area contributed by atoms with Crippen molar-refractivity contribution in [2.24, 2.45) is 0 Å². The molecule has 5 amide bonds. The largest absolute Gasteiger partial charge is 0.337 e. The Kier molecular flexibility index (Phi) is 7.01. The van der Waals surface area contributed by atoms with Crippen LogP contribution in [0.5, 0.6) is 0 Å². The lowest BCUT2D eigenvalue weighted by Crippen LogP contribution is -2.48. The maximum atomic E-state index is 12.8. The number of benzene rings is 2. The molecule has 0 saturated heterocycles. The lowest BCUT2D eigenvalue weighted by atomic mass is 10.2. The minimum absolute atomic E-state index is 0.197. The number of nitro benzene ring substituents is 1. The van der Waals surface area contributed by atoms with Crippen molar-refractivity contribution in [1.29, 1.82) is 0 Å². The summed E-state index contributed by atoms with van der Waals surface area (Å²) in [5.74, 6) is -1.19. The minimum atomic E-state index is -0.835. The van der Waals surface area contributed by atoms with Gasteiger partial charge in [0.05, 0.1) is 10.6 Å². The highest BCUT2D eigenvalue weighted by Gasteiger charge is 2.12. The third-order valence-corrected chi connectivity index (χ3v) is 3.51. The molecule has 0 saturated carbocycles. The van der Waals surface area contributed by atoms with Crippen LogP contribution in [-0.2, 0) is 4.79 Å². The summed E-state index contributed by atoms with van der Waals surface area (Å²) in [5, 5.41) is 17.8. The Morgan fingerprint density at radius 2 is 1.69 bits per heavy atom. The van der Waals surface area contributed by atoms with Crippen molar-refractivity contribution in [3.63, 3.8) is 0 Å². The van der Waals surface area contributed by atoms with Crippen LogP contribution in [0.1, 0.15) is 5.56 Å². The highest BCUT2D eigenvalue weighted by atomic mass is 19.1. The van der Waals surface area contributed by atoms with Gasteiger partial charge in [-0.25, -0.2) is 19.4 Å². The average molecular weight is 404 g/mol. The van der Waals surface area contributed by atoms with Crippen LogP contribution in [0.4, 0.5) is 31.0 Å². The first-order valence-electron chi connectivity index (χ1n) is 8.16. The highest BCUT2D eigenvalue weighted by Crippen LogP contribution is 2.21. The Morgan fingerprint density at radius 3 is 2.34 bits per heavy atom. The number of carbonyl (C=O) groups excluding carboxylic acids is 3. The SMILES string of the molecule is Cc1ccc([N+](=O)[O-])cc1NC(=O)NNC(=O)CNC(=O)Nc1ccc(F)cc1. The molecule has 12 heteroatoms. The molecule has 0 aliphatic heterocycles. The van der Waals surface area contributed by atoms with Crippen LogP contribution in [-0.4, -0.2) is 29.4 Å². The lowest BCUT2D eigenvalue weighted by Gasteiger charge is -2.11. The second kappa shape index (κ2) is 9.64. The highest BCUT2D eigenvalue weighted by molar-refractivity contribution is 5.94. The summed E-state index contributed by atoms with van der Waals surface area (Å²) < 4.78 is 12.8. The molecular weight excluding hydrogens is 387 g/mol. The van der Waals surface area contributed by atoms with Crippen molar-refractivity contribution in [1.82, 2.24) is 16.2 Å². The van der Waals surface area contributed by atoms with E-state index in [9.17, 15) is 28.9 Å². The number of aryl methyl sites for hydroxylation is 1. The van der Waals surface area contributed by atoms with Gasteiger partial charge in [0.15, 0.2) is 0 Å². The Morgan fingerprint density at radius 1 is 1.00 bits per heavy atom. The van der Waals surface area contributed by atoms with Gasteiger partial charge < -0.3 is 16.0 Å². The number of carbonyl (C=O) groups is 3. The average Bonchev–Trinajstić information content (AvgIpc) is 2.68. The summed E-state index contributed by atoms with van der Waals surface area (Å²) in [6, 6.07) is 7.41. The number of nitro groups is 1. The van der Waals surface area contributed by atoms with Crippen LogP contribution in [0.15, 0.2) is 42.5 Å². The number of non-ortho nitro benzene ring substituents is 1.